The first kappa shape index (κ1) is 6.78. The first-order valence-corrected chi connectivity index (χ1v) is 2.95. The van der Waals surface area contributed by atoms with Gasteiger partial charge in [0.15, 0.2) is 0 Å². The van der Waals surface area contributed by atoms with E-state index in [9.17, 15) is 4.79 Å². The number of carbonyl (C=O) groups excluding carboxylic acids is 1. The summed E-state index contributed by atoms with van der Waals surface area (Å²) in [6.07, 6.45) is 3.39. The lowest BCUT2D eigenvalue weighted by Crippen LogP contribution is -1.80. The molecule has 0 saturated heterocycles. The molecule has 0 aromatic carbocycles. The van der Waals surface area contributed by atoms with E-state index in [1.807, 2.05) is 26.2 Å². The Morgan fingerprint density at radius 1 is 1.70 bits per heavy atom. The quantitative estimate of drug-likeness (QED) is 0.423. The minimum Gasteiger partial charge on any atom is -0.335 e. The largest absolute Gasteiger partial charge is 0.335 e. The molecule has 3 heteroatoms. The Kier molecular flexibility index (Phi) is 1.69. The molecule has 1 aromatic heterocycles. The number of hydrogen-bond acceptors (Lipinski definition) is 2. The molecule has 0 unspecified atom stereocenters. The molecule has 0 amide bonds. The molecule has 0 aliphatic rings. The SMILES string of the molecule is Cc1cc(N=C=O)n(C)c1. The molecule has 3 nitrogen and oxygen atoms in total. The van der Waals surface area contributed by atoms with E-state index in [1.54, 1.807) is 4.57 Å². The van der Waals surface area contributed by atoms with Crippen LogP contribution in [0.3, 0.4) is 0 Å². The van der Waals surface area contributed by atoms with Crippen molar-refractivity contribution in [3.63, 3.8) is 0 Å². The highest BCUT2D eigenvalue weighted by Crippen LogP contribution is 2.13. The van der Waals surface area contributed by atoms with Gasteiger partial charge in [0.2, 0.25) is 6.08 Å². The first-order valence-electron chi connectivity index (χ1n) is 2.95. The van der Waals surface area contributed by atoms with Crippen LogP contribution in [0.2, 0.25) is 0 Å². The molecule has 0 radical (unpaired) electrons. The summed E-state index contributed by atoms with van der Waals surface area (Å²) in [6.45, 7) is 1.95. The van der Waals surface area contributed by atoms with E-state index < -0.39 is 0 Å². The second kappa shape index (κ2) is 2.50. The van der Waals surface area contributed by atoms with Crippen molar-refractivity contribution in [3.05, 3.63) is 17.8 Å². The maximum absolute atomic E-state index is 9.83. The van der Waals surface area contributed by atoms with Crippen molar-refractivity contribution in [1.82, 2.24) is 4.57 Å². The average molecular weight is 136 g/mol. The van der Waals surface area contributed by atoms with Crippen LogP contribution in [0.1, 0.15) is 5.56 Å². The lowest BCUT2D eigenvalue weighted by Gasteiger charge is -1.89. The van der Waals surface area contributed by atoms with E-state index in [4.69, 9.17) is 0 Å². The summed E-state index contributed by atoms with van der Waals surface area (Å²) in [6, 6.07) is 1.82. The Balaban J connectivity index is 3.14. The summed E-state index contributed by atoms with van der Waals surface area (Å²) >= 11 is 0. The summed E-state index contributed by atoms with van der Waals surface area (Å²) in [4.78, 5) is 13.3. The van der Waals surface area contributed by atoms with E-state index in [0.717, 1.165) is 5.56 Å². The zero-order valence-electron chi connectivity index (χ0n) is 5.96. The number of aryl methyl sites for hydroxylation is 2. The van der Waals surface area contributed by atoms with E-state index in [-0.39, 0.29) is 0 Å². The van der Waals surface area contributed by atoms with Crippen molar-refractivity contribution in [3.8, 4) is 0 Å². The van der Waals surface area contributed by atoms with Gasteiger partial charge in [-0.2, -0.15) is 0 Å². The van der Waals surface area contributed by atoms with Gasteiger partial charge in [-0.1, -0.05) is 0 Å². The molecule has 0 bridgehead atoms. The van der Waals surface area contributed by atoms with Crippen molar-refractivity contribution < 1.29 is 4.79 Å². The van der Waals surface area contributed by atoms with Crippen molar-refractivity contribution in [2.45, 2.75) is 6.92 Å². The maximum atomic E-state index is 9.83. The van der Waals surface area contributed by atoms with Crippen LogP contribution in [0, 0.1) is 6.92 Å². The normalized spacial score (nSPS) is 9.00. The summed E-state index contributed by atoms with van der Waals surface area (Å²) in [7, 11) is 1.84. The third-order valence-electron chi connectivity index (χ3n) is 1.28. The van der Waals surface area contributed by atoms with Gasteiger partial charge < -0.3 is 4.57 Å². The zero-order chi connectivity index (χ0) is 7.56. The Morgan fingerprint density at radius 2 is 2.40 bits per heavy atom. The molecule has 0 aliphatic carbocycles. The number of aliphatic imine (C=N–C) groups is 1. The maximum Gasteiger partial charge on any atom is 0.242 e. The van der Waals surface area contributed by atoms with Crippen molar-refractivity contribution >= 4 is 11.9 Å². The van der Waals surface area contributed by atoms with E-state index in [1.165, 1.54) is 6.08 Å². The number of nitrogens with zero attached hydrogens (tertiary/aromatic N) is 2. The van der Waals surface area contributed by atoms with Crippen LogP contribution in [-0.4, -0.2) is 10.6 Å². The number of aromatic nitrogens is 1. The lowest BCUT2D eigenvalue weighted by atomic mass is 10.4. The van der Waals surface area contributed by atoms with E-state index >= 15 is 0 Å². The molecule has 0 aliphatic heterocycles. The van der Waals surface area contributed by atoms with Crippen molar-refractivity contribution in [2.75, 3.05) is 0 Å². The molecule has 1 rings (SSSR count). The predicted octanol–water partition coefficient (Wildman–Crippen LogP) is 1.30. The molecular weight excluding hydrogens is 128 g/mol. The van der Waals surface area contributed by atoms with Crippen molar-refractivity contribution in [2.24, 2.45) is 12.0 Å². The van der Waals surface area contributed by atoms with Gasteiger partial charge in [0.25, 0.3) is 0 Å². The van der Waals surface area contributed by atoms with Crippen LogP contribution in [0.4, 0.5) is 5.82 Å². The second-order valence-corrected chi connectivity index (χ2v) is 2.19. The fraction of sp³-hybridized carbons (Fsp3) is 0.286. The van der Waals surface area contributed by atoms with Gasteiger partial charge in [0.1, 0.15) is 5.82 Å². The Bertz CT molecular complexity index is 282. The van der Waals surface area contributed by atoms with Crippen LogP contribution in [0.25, 0.3) is 0 Å². The minimum absolute atomic E-state index is 0.646. The van der Waals surface area contributed by atoms with Crippen LogP contribution >= 0.6 is 0 Å². The van der Waals surface area contributed by atoms with Crippen LogP contribution in [0.15, 0.2) is 17.3 Å². The van der Waals surface area contributed by atoms with Crippen molar-refractivity contribution in [1.29, 1.82) is 0 Å². The highest BCUT2D eigenvalue weighted by molar-refractivity contribution is 5.46. The van der Waals surface area contributed by atoms with Crippen LogP contribution in [0.5, 0.6) is 0 Å². The first-order chi connectivity index (χ1) is 4.74. The topological polar surface area (TPSA) is 34.4 Å². The summed E-state index contributed by atoms with van der Waals surface area (Å²) < 4.78 is 1.78. The van der Waals surface area contributed by atoms with Crippen LogP contribution in [-0.2, 0) is 11.8 Å². The van der Waals surface area contributed by atoms with Gasteiger partial charge >= 0.3 is 0 Å². The average Bonchev–Trinajstić information content (AvgIpc) is 2.13. The van der Waals surface area contributed by atoms with Crippen LogP contribution < -0.4 is 0 Å². The lowest BCUT2D eigenvalue weighted by molar-refractivity contribution is 0.565. The van der Waals surface area contributed by atoms with Gasteiger partial charge in [0, 0.05) is 13.2 Å². The molecule has 0 saturated carbocycles. The Hall–Kier alpha value is -1.34. The highest BCUT2D eigenvalue weighted by atomic mass is 16.1. The fourth-order valence-corrected chi connectivity index (χ4v) is 0.872. The van der Waals surface area contributed by atoms with Gasteiger partial charge in [-0.05, 0) is 18.6 Å². The molecule has 52 valence electrons. The predicted molar refractivity (Wildman–Crippen MR) is 37.9 cm³/mol. The molecule has 0 atom stereocenters. The van der Waals surface area contributed by atoms with Gasteiger partial charge in [0.05, 0.1) is 0 Å². The van der Waals surface area contributed by atoms with Gasteiger partial charge in [-0.3, -0.25) is 0 Å². The Labute approximate surface area is 59.0 Å². The number of hydrogen-bond donors (Lipinski definition) is 0. The fourth-order valence-electron chi connectivity index (χ4n) is 0.872. The molecule has 0 N–H and O–H groups in total. The standard InChI is InChI=1S/C7H8N2O/c1-6-3-7(8-5-10)9(2)4-6/h3-4H,1-2H3. The smallest absolute Gasteiger partial charge is 0.242 e. The molecule has 0 spiro atoms. The molecular formula is C7H8N2O. The summed E-state index contributed by atoms with van der Waals surface area (Å²) in [5.41, 5.74) is 1.09. The summed E-state index contributed by atoms with van der Waals surface area (Å²) in [5.74, 6) is 0.646. The molecule has 0 fully saturated rings. The molecule has 1 aromatic rings. The Morgan fingerprint density at radius 3 is 2.80 bits per heavy atom. The minimum atomic E-state index is 0.646. The van der Waals surface area contributed by atoms with Gasteiger partial charge in [-0.15, -0.1) is 4.99 Å². The highest BCUT2D eigenvalue weighted by Gasteiger charge is 1.95. The molecule has 1 heterocycles. The van der Waals surface area contributed by atoms with E-state index in [2.05, 4.69) is 4.99 Å². The third-order valence-corrected chi connectivity index (χ3v) is 1.28. The summed E-state index contributed by atoms with van der Waals surface area (Å²) in [5, 5.41) is 0. The number of isocyanates is 1. The third kappa shape index (κ3) is 1.14. The monoisotopic (exact) mass is 136 g/mol. The van der Waals surface area contributed by atoms with E-state index in [0.29, 0.717) is 5.82 Å². The number of rotatable bonds is 1. The second-order valence-electron chi connectivity index (χ2n) is 2.19. The zero-order valence-corrected chi connectivity index (χ0v) is 5.96. The van der Waals surface area contributed by atoms with Gasteiger partial charge in [-0.25, -0.2) is 4.79 Å². The molecule has 10 heavy (non-hydrogen) atoms.